The van der Waals surface area contributed by atoms with Gasteiger partial charge in [0.1, 0.15) is 0 Å². The minimum atomic E-state index is -3.25. The van der Waals surface area contributed by atoms with Crippen molar-refractivity contribution in [3.8, 4) is 11.3 Å². The maximum atomic E-state index is 11.5. The van der Waals surface area contributed by atoms with Crippen LogP contribution in [0.15, 0.2) is 30.6 Å². The fourth-order valence-electron chi connectivity index (χ4n) is 1.63. The minimum absolute atomic E-state index is 0.0542. The van der Waals surface area contributed by atoms with E-state index in [0.29, 0.717) is 5.69 Å². The molecule has 0 aliphatic carbocycles. The number of sulfonamides is 1. The number of aromatic nitrogens is 2. The van der Waals surface area contributed by atoms with Gasteiger partial charge in [0, 0.05) is 16.9 Å². The predicted molar refractivity (Wildman–Crippen MR) is 71.8 cm³/mol. The summed E-state index contributed by atoms with van der Waals surface area (Å²) in [6.07, 6.45) is 1.62. The summed E-state index contributed by atoms with van der Waals surface area (Å²) in [6, 6.07) is 7.19. The molecule has 0 aliphatic rings. The van der Waals surface area contributed by atoms with Gasteiger partial charge in [-0.25, -0.2) is 13.4 Å². The van der Waals surface area contributed by atoms with E-state index in [2.05, 4.69) is 14.7 Å². The molecule has 0 saturated carbocycles. The third-order valence-corrected chi connectivity index (χ3v) is 3.93. The van der Waals surface area contributed by atoms with E-state index in [1.54, 1.807) is 31.5 Å². The van der Waals surface area contributed by atoms with E-state index in [-0.39, 0.29) is 5.75 Å². The van der Waals surface area contributed by atoms with Gasteiger partial charge in [0.05, 0.1) is 17.8 Å². The first-order valence-electron chi connectivity index (χ1n) is 5.63. The first-order valence-corrected chi connectivity index (χ1v) is 7.28. The van der Waals surface area contributed by atoms with Gasteiger partial charge in [-0.05, 0) is 26.0 Å². The second kappa shape index (κ2) is 4.81. The Morgan fingerprint density at radius 1 is 1.39 bits per heavy atom. The highest BCUT2D eigenvalue weighted by atomic mass is 32.2. The Bertz CT molecular complexity index is 647. The highest BCUT2D eigenvalue weighted by Gasteiger charge is 2.09. The van der Waals surface area contributed by atoms with Crippen LogP contribution in [0.5, 0.6) is 0 Å². The molecule has 0 unspecified atom stereocenters. The van der Waals surface area contributed by atoms with Crippen molar-refractivity contribution >= 4 is 15.7 Å². The van der Waals surface area contributed by atoms with E-state index in [1.165, 1.54) is 0 Å². The Kier molecular flexibility index (Phi) is 3.38. The average molecular weight is 265 g/mol. The zero-order valence-electron chi connectivity index (χ0n) is 10.3. The zero-order chi connectivity index (χ0) is 13.2. The fraction of sp³-hybridized carbons (Fsp3) is 0.250. The highest BCUT2D eigenvalue weighted by molar-refractivity contribution is 7.92. The lowest BCUT2D eigenvalue weighted by molar-refractivity contribution is 0.602. The number of anilines is 1. The maximum absolute atomic E-state index is 11.5. The molecule has 1 heterocycles. The van der Waals surface area contributed by atoms with Crippen LogP contribution >= 0.6 is 0 Å². The number of nitrogens with one attached hydrogen (secondary N) is 2. The van der Waals surface area contributed by atoms with Crippen LogP contribution in [0.25, 0.3) is 11.3 Å². The van der Waals surface area contributed by atoms with Crippen LogP contribution in [0.2, 0.25) is 0 Å². The minimum Gasteiger partial charge on any atom is -0.348 e. The van der Waals surface area contributed by atoms with Crippen molar-refractivity contribution in [2.45, 2.75) is 13.8 Å². The standard InChI is InChI=1S/C12H15N3O2S/c1-3-18(16,17)15-11-6-4-5-10(7-11)12-9(2)13-8-14-12/h4-8,15H,3H2,1-2H3,(H,13,14). The molecule has 1 aromatic heterocycles. The normalized spacial score (nSPS) is 11.4. The molecule has 18 heavy (non-hydrogen) atoms. The largest absolute Gasteiger partial charge is 0.348 e. The molecule has 2 rings (SSSR count). The molecule has 96 valence electrons. The number of aryl methyl sites for hydroxylation is 1. The Hall–Kier alpha value is -1.82. The molecule has 0 fully saturated rings. The SMILES string of the molecule is CCS(=O)(=O)Nc1cccc(-c2nc[nH]c2C)c1. The van der Waals surface area contributed by atoms with Gasteiger partial charge >= 0.3 is 0 Å². The van der Waals surface area contributed by atoms with Crippen molar-refractivity contribution < 1.29 is 8.42 Å². The average Bonchev–Trinajstić information content (AvgIpc) is 2.75. The fourth-order valence-corrected chi connectivity index (χ4v) is 2.26. The molecular weight excluding hydrogens is 250 g/mol. The van der Waals surface area contributed by atoms with E-state index in [1.807, 2.05) is 13.0 Å². The molecule has 0 aliphatic heterocycles. The van der Waals surface area contributed by atoms with Crippen LogP contribution in [0, 0.1) is 6.92 Å². The second-order valence-electron chi connectivity index (χ2n) is 3.96. The summed E-state index contributed by atoms with van der Waals surface area (Å²) in [6.45, 7) is 3.52. The van der Waals surface area contributed by atoms with Gasteiger partial charge in [-0.2, -0.15) is 0 Å². The third kappa shape index (κ3) is 2.70. The molecule has 0 spiro atoms. The van der Waals surface area contributed by atoms with Gasteiger partial charge in [0.2, 0.25) is 10.0 Å². The molecule has 6 heteroatoms. The molecule has 0 bridgehead atoms. The lowest BCUT2D eigenvalue weighted by Gasteiger charge is -2.07. The predicted octanol–water partition coefficient (Wildman–Crippen LogP) is 2.15. The molecular formula is C12H15N3O2S. The number of nitrogens with zero attached hydrogens (tertiary/aromatic N) is 1. The summed E-state index contributed by atoms with van der Waals surface area (Å²) in [5, 5.41) is 0. The van der Waals surface area contributed by atoms with Gasteiger partial charge < -0.3 is 4.98 Å². The molecule has 0 radical (unpaired) electrons. The molecule has 0 amide bonds. The topological polar surface area (TPSA) is 74.8 Å². The number of rotatable bonds is 4. The van der Waals surface area contributed by atoms with Gasteiger partial charge in [-0.1, -0.05) is 12.1 Å². The lowest BCUT2D eigenvalue weighted by atomic mass is 10.1. The van der Waals surface area contributed by atoms with Crippen molar-refractivity contribution in [1.29, 1.82) is 0 Å². The Labute approximate surface area is 106 Å². The van der Waals surface area contributed by atoms with Crippen LogP contribution in [0.1, 0.15) is 12.6 Å². The molecule has 5 nitrogen and oxygen atoms in total. The van der Waals surface area contributed by atoms with E-state index in [9.17, 15) is 8.42 Å². The van der Waals surface area contributed by atoms with Crippen molar-refractivity contribution in [2.75, 3.05) is 10.5 Å². The van der Waals surface area contributed by atoms with Crippen molar-refractivity contribution in [2.24, 2.45) is 0 Å². The van der Waals surface area contributed by atoms with Gasteiger partial charge in [0.25, 0.3) is 0 Å². The maximum Gasteiger partial charge on any atom is 0.232 e. The quantitative estimate of drug-likeness (QED) is 0.889. The van der Waals surface area contributed by atoms with E-state index < -0.39 is 10.0 Å². The smallest absolute Gasteiger partial charge is 0.232 e. The summed E-state index contributed by atoms with van der Waals surface area (Å²) in [4.78, 5) is 7.21. The second-order valence-corrected chi connectivity index (χ2v) is 5.97. The highest BCUT2D eigenvalue weighted by Crippen LogP contribution is 2.23. The van der Waals surface area contributed by atoms with Gasteiger partial charge in [-0.3, -0.25) is 4.72 Å². The van der Waals surface area contributed by atoms with Crippen LogP contribution in [0.4, 0.5) is 5.69 Å². The van der Waals surface area contributed by atoms with Crippen LogP contribution < -0.4 is 4.72 Å². The third-order valence-electron chi connectivity index (χ3n) is 2.62. The Morgan fingerprint density at radius 2 is 2.17 bits per heavy atom. The summed E-state index contributed by atoms with van der Waals surface area (Å²) in [5.74, 6) is 0.0542. The lowest BCUT2D eigenvalue weighted by Crippen LogP contribution is -2.14. The molecule has 0 atom stereocenters. The van der Waals surface area contributed by atoms with E-state index >= 15 is 0 Å². The molecule has 2 N–H and O–H groups in total. The summed E-state index contributed by atoms with van der Waals surface area (Å²) in [5.41, 5.74) is 3.21. The number of hydrogen-bond acceptors (Lipinski definition) is 3. The number of hydrogen-bond donors (Lipinski definition) is 2. The van der Waals surface area contributed by atoms with Gasteiger partial charge in [-0.15, -0.1) is 0 Å². The van der Waals surface area contributed by atoms with Gasteiger partial charge in [0.15, 0.2) is 0 Å². The summed E-state index contributed by atoms with van der Waals surface area (Å²) < 4.78 is 25.5. The number of benzene rings is 1. The first kappa shape index (κ1) is 12.6. The number of H-pyrrole nitrogens is 1. The van der Waals surface area contributed by atoms with Crippen LogP contribution in [-0.4, -0.2) is 24.1 Å². The van der Waals surface area contributed by atoms with Crippen LogP contribution in [0.3, 0.4) is 0 Å². The molecule has 2 aromatic rings. The van der Waals surface area contributed by atoms with E-state index in [4.69, 9.17) is 0 Å². The van der Waals surface area contributed by atoms with Crippen molar-refractivity contribution in [1.82, 2.24) is 9.97 Å². The zero-order valence-corrected chi connectivity index (χ0v) is 11.1. The number of aromatic amines is 1. The summed E-state index contributed by atoms with van der Waals surface area (Å²) >= 11 is 0. The number of imidazole rings is 1. The summed E-state index contributed by atoms with van der Waals surface area (Å²) in [7, 11) is -3.25. The van der Waals surface area contributed by atoms with Crippen molar-refractivity contribution in [3.63, 3.8) is 0 Å². The molecule has 0 saturated heterocycles. The molecule has 1 aromatic carbocycles. The first-order chi connectivity index (χ1) is 8.52. The Morgan fingerprint density at radius 3 is 2.78 bits per heavy atom. The van der Waals surface area contributed by atoms with Crippen LogP contribution in [-0.2, 0) is 10.0 Å². The Balaban J connectivity index is 2.35. The van der Waals surface area contributed by atoms with E-state index in [0.717, 1.165) is 17.0 Å². The van der Waals surface area contributed by atoms with Crippen molar-refractivity contribution in [3.05, 3.63) is 36.3 Å². The monoisotopic (exact) mass is 265 g/mol.